The molecule has 1 aromatic rings. The maximum atomic E-state index is 5.34. The molecular weight excluding hydrogens is 270 g/mol. The smallest absolute Gasteiger partial charge is 0.131 e. The summed E-state index contributed by atoms with van der Waals surface area (Å²) in [6.45, 7) is 7.17. The van der Waals surface area contributed by atoms with Crippen LogP contribution in [0.15, 0.2) is 12.4 Å². The van der Waals surface area contributed by atoms with Crippen LogP contribution in [0.3, 0.4) is 0 Å². The molecule has 1 fully saturated rings. The molecule has 0 unspecified atom stereocenters. The Labute approximate surface area is 126 Å². The molecule has 0 aromatic carbocycles. The summed E-state index contributed by atoms with van der Waals surface area (Å²) in [5.74, 6) is 1.70. The molecule has 0 atom stereocenters. The quantitative estimate of drug-likeness (QED) is 0.649. The molecule has 2 heterocycles. The number of aromatic nitrogens is 2. The van der Waals surface area contributed by atoms with Crippen LogP contribution in [-0.4, -0.2) is 74.5 Å². The summed E-state index contributed by atoms with van der Waals surface area (Å²) in [5.41, 5.74) is 0. The van der Waals surface area contributed by atoms with Crippen LogP contribution < -0.4 is 10.6 Å². The van der Waals surface area contributed by atoms with Crippen molar-refractivity contribution in [3.05, 3.63) is 12.4 Å². The van der Waals surface area contributed by atoms with Gasteiger partial charge in [0.1, 0.15) is 18.0 Å². The number of rotatable bonds is 9. The molecule has 0 bridgehead atoms. The van der Waals surface area contributed by atoms with Gasteiger partial charge < -0.3 is 20.1 Å². The molecule has 118 valence electrons. The molecule has 2 rings (SSSR count). The molecular formula is C14H25N5O2. The molecule has 0 amide bonds. The molecule has 1 aliphatic heterocycles. The highest BCUT2D eigenvalue weighted by Crippen LogP contribution is 2.08. The van der Waals surface area contributed by atoms with E-state index in [-0.39, 0.29) is 0 Å². The lowest BCUT2D eigenvalue weighted by Gasteiger charge is -2.26. The van der Waals surface area contributed by atoms with Crippen molar-refractivity contribution in [3.63, 3.8) is 0 Å². The van der Waals surface area contributed by atoms with Gasteiger partial charge in [0.2, 0.25) is 0 Å². The number of nitrogens with one attached hydrogen (secondary N) is 2. The van der Waals surface area contributed by atoms with Crippen LogP contribution in [0.25, 0.3) is 0 Å². The Kier molecular flexibility index (Phi) is 7.20. The molecule has 7 heteroatoms. The second-order valence-corrected chi connectivity index (χ2v) is 4.94. The largest absolute Gasteiger partial charge is 0.385 e. The highest BCUT2D eigenvalue weighted by molar-refractivity contribution is 5.46. The van der Waals surface area contributed by atoms with Gasteiger partial charge in [-0.1, -0.05) is 0 Å². The van der Waals surface area contributed by atoms with Crippen LogP contribution in [0, 0.1) is 0 Å². The van der Waals surface area contributed by atoms with E-state index in [1.165, 1.54) is 0 Å². The van der Waals surface area contributed by atoms with Gasteiger partial charge in [-0.2, -0.15) is 0 Å². The van der Waals surface area contributed by atoms with Crippen LogP contribution in [-0.2, 0) is 9.47 Å². The van der Waals surface area contributed by atoms with Gasteiger partial charge in [-0.15, -0.1) is 0 Å². The standard InChI is InChI=1S/C14H25N5O2/c1-20-8-2-3-15-13-11-14(18-12-17-13)16-4-5-19-6-9-21-10-7-19/h11-12H,2-10H2,1H3,(H2,15,16,17,18). The summed E-state index contributed by atoms with van der Waals surface area (Å²) < 4.78 is 10.4. The van der Waals surface area contributed by atoms with Crippen molar-refractivity contribution in [1.29, 1.82) is 0 Å². The summed E-state index contributed by atoms with van der Waals surface area (Å²) in [6, 6.07) is 1.94. The maximum Gasteiger partial charge on any atom is 0.131 e. The van der Waals surface area contributed by atoms with Crippen LogP contribution in [0.2, 0.25) is 0 Å². The van der Waals surface area contributed by atoms with Crippen molar-refractivity contribution in [3.8, 4) is 0 Å². The average Bonchev–Trinajstić information content (AvgIpc) is 2.53. The highest BCUT2D eigenvalue weighted by Gasteiger charge is 2.09. The van der Waals surface area contributed by atoms with E-state index < -0.39 is 0 Å². The molecule has 0 spiro atoms. The topological polar surface area (TPSA) is 71.5 Å². The normalized spacial score (nSPS) is 15.9. The molecule has 0 radical (unpaired) electrons. The van der Waals surface area contributed by atoms with Crippen LogP contribution in [0.4, 0.5) is 11.6 Å². The van der Waals surface area contributed by atoms with Gasteiger partial charge in [-0.05, 0) is 6.42 Å². The molecule has 0 saturated carbocycles. The average molecular weight is 295 g/mol. The highest BCUT2D eigenvalue weighted by atomic mass is 16.5. The Hall–Kier alpha value is -1.44. The lowest BCUT2D eigenvalue weighted by atomic mass is 10.4. The fourth-order valence-corrected chi connectivity index (χ4v) is 2.15. The first-order valence-electron chi connectivity index (χ1n) is 7.47. The molecule has 1 saturated heterocycles. The monoisotopic (exact) mass is 295 g/mol. The van der Waals surface area contributed by atoms with Gasteiger partial charge in [0.15, 0.2) is 0 Å². The van der Waals surface area contributed by atoms with E-state index in [0.29, 0.717) is 0 Å². The van der Waals surface area contributed by atoms with E-state index in [0.717, 1.165) is 70.6 Å². The SMILES string of the molecule is COCCCNc1cc(NCCN2CCOCC2)ncn1. The van der Waals surface area contributed by atoms with Crippen molar-refractivity contribution in [2.24, 2.45) is 0 Å². The third kappa shape index (κ3) is 6.24. The van der Waals surface area contributed by atoms with Crippen molar-refractivity contribution in [2.45, 2.75) is 6.42 Å². The summed E-state index contributed by atoms with van der Waals surface area (Å²) in [4.78, 5) is 10.8. The lowest BCUT2D eigenvalue weighted by molar-refractivity contribution is 0.0398. The van der Waals surface area contributed by atoms with Crippen molar-refractivity contribution in [1.82, 2.24) is 14.9 Å². The number of hydrogen-bond acceptors (Lipinski definition) is 7. The van der Waals surface area contributed by atoms with E-state index >= 15 is 0 Å². The Morgan fingerprint density at radius 1 is 1.19 bits per heavy atom. The molecule has 21 heavy (non-hydrogen) atoms. The van der Waals surface area contributed by atoms with Crippen molar-refractivity contribution >= 4 is 11.6 Å². The van der Waals surface area contributed by atoms with Crippen molar-refractivity contribution in [2.75, 3.05) is 70.3 Å². The van der Waals surface area contributed by atoms with Crippen LogP contribution >= 0.6 is 0 Å². The number of morpholine rings is 1. The van der Waals surface area contributed by atoms with E-state index in [1.807, 2.05) is 6.07 Å². The predicted molar refractivity (Wildman–Crippen MR) is 82.8 cm³/mol. The zero-order chi connectivity index (χ0) is 14.8. The zero-order valence-electron chi connectivity index (χ0n) is 12.7. The third-order valence-corrected chi connectivity index (χ3v) is 3.34. The zero-order valence-corrected chi connectivity index (χ0v) is 12.7. The number of ether oxygens (including phenoxy) is 2. The van der Waals surface area contributed by atoms with E-state index in [4.69, 9.17) is 9.47 Å². The first kappa shape index (κ1) is 15.9. The Bertz CT molecular complexity index is 399. The molecule has 0 aliphatic carbocycles. The van der Waals surface area contributed by atoms with Crippen molar-refractivity contribution < 1.29 is 9.47 Å². The fourth-order valence-electron chi connectivity index (χ4n) is 2.15. The summed E-state index contributed by atoms with van der Waals surface area (Å²) in [6.07, 6.45) is 2.54. The first-order chi connectivity index (χ1) is 10.4. The van der Waals surface area contributed by atoms with Gasteiger partial charge in [0, 0.05) is 52.5 Å². The number of hydrogen-bond donors (Lipinski definition) is 2. The fraction of sp³-hybridized carbons (Fsp3) is 0.714. The minimum Gasteiger partial charge on any atom is -0.385 e. The number of anilines is 2. The van der Waals surface area contributed by atoms with E-state index in [9.17, 15) is 0 Å². The second-order valence-electron chi connectivity index (χ2n) is 4.94. The molecule has 1 aliphatic rings. The second kappa shape index (κ2) is 9.49. The van der Waals surface area contributed by atoms with Gasteiger partial charge in [0.25, 0.3) is 0 Å². The van der Waals surface area contributed by atoms with Gasteiger partial charge in [-0.25, -0.2) is 9.97 Å². The van der Waals surface area contributed by atoms with Gasteiger partial charge in [-0.3, -0.25) is 4.90 Å². The Morgan fingerprint density at radius 2 is 1.90 bits per heavy atom. The summed E-state index contributed by atoms with van der Waals surface area (Å²) >= 11 is 0. The molecule has 7 nitrogen and oxygen atoms in total. The summed E-state index contributed by atoms with van der Waals surface area (Å²) in [7, 11) is 1.71. The Morgan fingerprint density at radius 3 is 2.62 bits per heavy atom. The predicted octanol–water partition coefficient (Wildman–Crippen LogP) is 0.669. The summed E-state index contributed by atoms with van der Waals surface area (Å²) in [5, 5.41) is 6.60. The Balaban J connectivity index is 1.67. The van der Waals surface area contributed by atoms with E-state index in [1.54, 1.807) is 13.4 Å². The number of nitrogens with zero attached hydrogens (tertiary/aromatic N) is 3. The first-order valence-corrected chi connectivity index (χ1v) is 7.47. The van der Waals surface area contributed by atoms with Crippen LogP contribution in [0.1, 0.15) is 6.42 Å². The number of methoxy groups -OCH3 is 1. The molecule has 1 aromatic heterocycles. The third-order valence-electron chi connectivity index (χ3n) is 3.34. The van der Waals surface area contributed by atoms with Gasteiger partial charge >= 0.3 is 0 Å². The van der Waals surface area contributed by atoms with Gasteiger partial charge in [0.05, 0.1) is 13.2 Å². The minimum absolute atomic E-state index is 0.753. The molecule has 2 N–H and O–H groups in total. The lowest BCUT2D eigenvalue weighted by Crippen LogP contribution is -2.39. The van der Waals surface area contributed by atoms with E-state index in [2.05, 4.69) is 25.5 Å². The minimum atomic E-state index is 0.753. The maximum absolute atomic E-state index is 5.34. The van der Waals surface area contributed by atoms with Crippen LogP contribution in [0.5, 0.6) is 0 Å².